The summed E-state index contributed by atoms with van der Waals surface area (Å²) < 4.78 is 6.70. The van der Waals surface area contributed by atoms with E-state index in [1.165, 1.54) is 0 Å². The normalized spacial score (nSPS) is 17.7. The van der Waals surface area contributed by atoms with Crippen LogP contribution >= 0.6 is 23.2 Å². The predicted molar refractivity (Wildman–Crippen MR) is 139 cm³/mol. The molecule has 184 valence electrons. The Morgan fingerprint density at radius 2 is 1.74 bits per heavy atom. The lowest BCUT2D eigenvalue weighted by molar-refractivity contribution is -0.112. The van der Waals surface area contributed by atoms with Crippen molar-refractivity contribution in [3.8, 4) is 0 Å². The number of pyridine rings is 1. The molecule has 1 amide bonds. The second kappa shape index (κ2) is 10.3. The number of hydrogen-bond donors (Lipinski definition) is 1. The van der Waals surface area contributed by atoms with Gasteiger partial charge >= 0.3 is 0 Å². The summed E-state index contributed by atoms with van der Waals surface area (Å²) in [5, 5.41) is 11.7. The van der Waals surface area contributed by atoms with Crippen LogP contribution in [-0.2, 0) is 22.6 Å². The lowest BCUT2D eigenvalue weighted by Crippen LogP contribution is -2.46. The predicted octanol–water partition coefficient (Wildman–Crippen LogP) is 6.68. The number of nitrogens with zero attached hydrogens (tertiary/aromatic N) is 2. The number of carbonyl (C=O) groups is 1. The van der Waals surface area contributed by atoms with E-state index in [2.05, 4.69) is 11.9 Å². The van der Waals surface area contributed by atoms with E-state index in [1.807, 2.05) is 30.3 Å². The first-order valence-corrected chi connectivity index (χ1v) is 12.6. The Labute approximate surface area is 216 Å². The molecule has 1 aliphatic rings. The minimum absolute atomic E-state index is 0.187. The zero-order valence-electron chi connectivity index (χ0n) is 20.2. The fourth-order valence-electron chi connectivity index (χ4n) is 4.47. The lowest BCUT2D eigenvalue weighted by Gasteiger charge is -2.39. The summed E-state index contributed by atoms with van der Waals surface area (Å²) in [5.74, 6) is -0.187. The van der Waals surface area contributed by atoms with E-state index >= 15 is 0 Å². The van der Waals surface area contributed by atoms with E-state index < -0.39 is 11.3 Å². The quantitative estimate of drug-likeness (QED) is 0.324. The Kier molecular flexibility index (Phi) is 7.53. The van der Waals surface area contributed by atoms with Crippen molar-refractivity contribution in [1.82, 2.24) is 9.88 Å². The third-order valence-electron chi connectivity index (χ3n) is 6.35. The molecule has 1 N–H and O–H groups in total. The Balaban J connectivity index is 1.90. The number of halogens is 2. The fraction of sp³-hybridized carbons (Fsp3) is 0.357. The molecule has 0 aliphatic carbocycles. The van der Waals surface area contributed by atoms with Gasteiger partial charge in [0, 0.05) is 27.9 Å². The summed E-state index contributed by atoms with van der Waals surface area (Å²) in [7, 11) is 0. The summed E-state index contributed by atoms with van der Waals surface area (Å²) in [6.07, 6.45) is 4.52. The van der Waals surface area contributed by atoms with E-state index in [0.29, 0.717) is 33.5 Å². The molecule has 0 unspecified atom stereocenters. The second-order valence-corrected chi connectivity index (χ2v) is 10.3. The molecule has 0 radical (unpaired) electrons. The van der Waals surface area contributed by atoms with E-state index in [1.54, 1.807) is 49.2 Å². The largest absolute Gasteiger partial charge is 0.386 e. The van der Waals surface area contributed by atoms with Gasteiger partial charge in [-0.1, -0.05) is 67.2 Å². The molecule has 4 rings (SSSR count). The first-order chi connectivity index (χ1) is 16.7. The maximum atomic E-state index is 14.0. The molecular formula is C28H30Cl2N2O3. The van der Waals surface area contributed by atoms with Crippen molar-refractivity contribution in [1.29, 1.82) is 0 Å². The highest BCUT2D eigenvalue weighted by Gasteiger charge is 2.52. The average Bonchev–Trinajstić information content (AvgIpc) is 3.06. The van der Waals surface area contributed by atoms with Crippen LogP contribution < -0.4 is 0 Å². The number of hydrogen-bond acceptors (Lipinski definition) is 4. The van der Waals surface area contributed by atoms with Crippen molar-refractivity contribution in [2.24, 2.45) is 0 Å². The van der Waals surface area contributed by atoms with Crippen LogP contribution in [0.1, 0.15) is 72.8 Å². The van der Waals surface area contributed by atoms with Crippen molar-refractivity contribution < 1.29 is 14.6 Å². The summed E-state index contributed by atoms with van der Waals surface area (Å²) in [6, 6.07) is 16.5. The molecule has 0 saturated heterocycles. The van der Waals surface area contributed by atoms with Crippen LogP contribution in [-0.4, -0.2) is 27.5 Å². The van der Waals surface area contributed by atoms with Gasteiger partial charge in [0.1, 0.15) is 0 Å². The van der Waals surface area contributed by atoms with Gasteiger partial charge in [-0.05, 0) is 56.2 Å². The number of aliphatic hydroxyl groups is 1. The molecule has 0 spiro atoms. The van der Waals surface area contributed by atoms with Crippen molar-refractivity contribution in [3.63, 3.8) is 0 Å². The van der Waals surface area contributed by atoms with Gasteiger partial charge in [0.25, 0.3) is 5.91 Å². The van der Waals surface area contributed by atoms with Crippen LogP contribution in [0.5, 0.6) is 0 Å². The number of aromatic nitrogens is 1. The zero-order valence-corrected chi connectivity index (χ0v) is 21.7. The molecule has 1 atom stereocenters. The van der Waals surface area contributed by atoms with Gasteiger partial charge in [-0.3, -0.25) is 14.7 Å². The number of fused-ring (bicyclic) bond motifs is 1. The minimum Gasteiger partial charge on any atom is -0.386 e. The van der Waals surface area contributed by atoms with Gasteiger partial charge in [0.05, 0.1) is 29.5 Å². The number of amides is 1. The third-order valence-corrected chi connectivity index (χ3v) is 6.83. The first-order valence-electron chi connectivity index (χ1n) is 11.9. The molecule has 7 heteroatoms. The van der Waals surface area contributed by atoms with Gasteiger partial charge in [0.15, 0.2) is 5.72 Å². The fourth-order valence-corrected chi connectivity index (χ4v) is 4.71. The highest BCUT2D eigenvalue weighted by Crippen LogP contribution is 2.47. The van der Waals surface area contributed by atoms with Crippen LogP contribution in [0.2, 0.25) is 10.0 Å². The van der Waals surface area contributed by atoms with E-state index in [9.17, 15) is 9.90 Å². The molecule has 5 nitrogen and oxygen atoms in total. The molecule has 35 heavy (non-hydrogen) atoms. The molecule has 0 bridgehead atoms. The van der Waals surface area contributed by atoms with Gasteiger partial charge in [-0.25, -0.2) is 0 Å². The Hall–Kier alpha value is -2.44. The molecule has 0 saturated carbocycles. The highest BCUT2D eigenvalue weighted by atomic mass is 35.5. The number of rotatable bonds is 9. The smallest absolute Gasteiger partial charge is 0.257 e. The molecule has 1 aromatic heterocycles. The van der Waals surface area contributed by atoms with E-state index in [4.69, 9.17) is 27.9 Å². The average molecular weight is 513 g/mol. The monoisotopic (exact) mass is 512 g/mol. The van der Waals surface area contributed by atoms with Crippen molar-refractivity contribution >= 4 is 29.1 Å². The first kappa shape index (κ1) is 25.6. The van der Waals surface area contributed by atoms with E-state index in [0.717, 1.165) is 30.4 Å². The number of unbranched alkanes of at least 4 members (excludes halogenated alkanes) is 2. The van der Waals surface area contributed by atoms with Gasteiger partial charge in [-0.15, -0.1) is 0 Å². The Bertz CT molecular complexity index is 1190. The summed E-state index contributed by atoms with van der Waals surface area (Å²) in [4.78, 5) is 20.1. The van der Waals surface area contributed by atoms with Gasteiger partial charge in [0.2, 0.25) is 0 Å². The lowest BCUT2D eigenvalue weighted by atomic mass is 9.89. The van der Waals surface area contributed by atoms with E-state index in [-0.39, 0.29) is 12.5 Å². The highest BCUT2D eigenvalue weighted by molar-refractivity contribution is 6.30. The maximum absolute atomic E-state index is 14.0. The molecule has 3 aromatic rings. The Morgan fingerprint density at radius 1 is 1.03 bits per heavy atom. The van der Waals surface area contributed by atoms with Gasteiger partial charge in [-0.2, -0.15) is 0 Å². The topological polar surface area (TPSA) is 62.7 Å². The number of benzene rings is 2. The van der Waals surface area contributed by atoms with Crippen molar-refractivity contribution in [2.45, 2.75) is 57.9 Å². The van der Waals surface area contributed by atoms with Crippen LogP contribution in [0.3, 0.4) is 0 Å². The third kappa shape index (κ3) is 5.10. The maximum Gasteiger partial charge on any atom is 0.257 e. The Morgan fingerprint density at radius 3 is 2.37 bits per heavy atom. The summed E-state index contributed by atoms with van der Waals surface area (Å²) in [6.45, 7) is 6.24. The molecule has 1 aliphatic heterocycles. The van der Waals surface area contributed by atoms with Crippen molar-refractivity contribution in [3.05, 3.63) is 98.8 Å². The number of carbonyl (C=O) groups excluding carboxylic acids is 1. The second-order valence-electron chi connectivity index (χ2n) is 9.38. The van der Waals surface area contributed by atoms with Crippen molar-refractivity contribution in [2.75, 3.05) is 6.61 Å². The minimum atomic E-state index is -1.16. The van der Waals surface area contributed by atoms with Crippen LogP contribution in [0.4, 0.5) is 0 Å². The van der Waals surface area contributed by atoms with Crippen LogP contribution in [0.15, 0.2) is 60.8 Å². The number of ether oxygens (including phenoxy) is 1. The molecule has 2 aromatic carbocycles. The summed E-state index contributed by atoms with van der Waals surface area (Å²) >= 11 is 12.3. The standard InChI is InChI=1S/C28H30Cl2N2O3/c1-4-5-6-15-35-28(19-7-10-21(29)11-8-19)25-14-9-20(27(2,3)34)16-24(25)26(33)32(28)18-23-13-12-22(30)17-31-23/h7-14,16-17,34H,4-6,15,18H2,1-3H3/t28-/m1/s1. The molecule has 0 fully saturated rings. The SMILES string of the molecule is CCCCCO[C@]1(c2ccc(Cl)cc2)c2ccc(C(C)(C)O)cc2C(=O)N1Cc1ccc(Cl)cn1. The van der Waals surface area contributed by atoms with Crippen LogP contribution in [0, 0.1) is 0 Å². The molecule has 2 heterocycles. The zero-order chi connectivity index (χ0) is 25.2. The summed E-state index contributed by atoms with van der Waals surface area (Å²) in [5.41, 5.74) is 1.14. The van der Waals surface area contributed by atoms with Gasteiger partial charge < -0.3 is 9.84 Å². The molecular weight excluding hydrogens is 483 g/mol. The van der Waals surface area contributed by atoms with Crippen LogP contribution in [0.25, 0.3) is 0 Å².